The number of rotatable bonds is 5. The first-order valence-corrected chi connectivity index (χ1v) is 8.79. The van der Waals surface area contributed by atoms with E-state index < -0.39 is 0 Å². The molecule has 0 unspecified atom stereocenters. The van der Waals surface area contributed by atoms with Gasteiger partial charge in [-0.1, -0.05) is 61.5 Å². The van der Waals surface area contributed by atoms with Gasteiger partial charge in [-0.25, -0.2) is 0 Å². The second-order valence-corrected chi connectivity index (χ2v) is 7.21. The van der Waals surface area contributed by atoms with E-state index in [1.807, 2.05) is 12.3 Å². The third-order valence-electron chi connectivity index (χ3n) is 5.17. The lowest BCUT2D eigenvalue weighted by atomic mass is 9.87. The van der Waals surface area contributed by atoms with E-state index in [-0.39, 0.29) is 0 Å². The molecule has 4 rings (SSSR count). The zero-order valence-electron chi connectivity index (χ0n) is 14.2. The Labute approximate surface area is 144 Å². The summed E-state index contributed by atoms with van der Waals surface area (Å²) in [6, 6.07) is 24.0. The first kappa shape index (κ1) is 15.1. The van der Waals surface area contributed by atoms with Crippen LogP contribution < -0.4 is 0 Å². The third-order valence-corrected chi connectivity index (χ3v) is 5.17. The van der Waals surface area contributed by atoms with Crippen LogP contribution in [0.15, 0.2) is 72.9 Å². The predicted octanol–water partition coefficient (Wildman–Crippen LogP) is 5.31. The summed E-state index contributed by atoms with van der Waals surface area (Å²) in [4.78, 5) is 4.47. The number of pyridine rings is 1. The minimum atomic E-state index is 0.379. The molecule has 0 spiro atoms. The van der Waals surface area contributed by atoms with Crippen molar-refractivity contribution < 1.29 is 0 Å². The molecule has 1 aliphatic rings. The molecule has 120 valence electrons. The highest BCUT2D eigenvalue weighted by molar-refractivity contribution is 5.44. The van der Waals surface area contributed by atoms with Gasteiger partial charge < -0.3 is 0 Å². The summed E-state index contributed by atoms with van der Waals surface area (Å²) in [5.41, 5.74) is 7.30. The van der Waals surface area contributed by atoms with Crippen molar-refractivity contribution in [1.82, 2.24) is 4.98 Å². The number of benzene rings is 2. The fourth-order valence-corrected chi connectivity index (χ4v) is 3.43. The lowest BCUT2D eigenvalue weighted by Gasteiger charge is -2.17. The summed E-state index contributed by atoms with van der Waals surface area (Å²) in [7, 11) is 0. The topological polar surface area (TPSA) is 12.9 Å². The first-order valence-electron chi connectivity index (χ1n) is 8.79. The standard InChI is InChI=1S/C23H23N/c1-23(12-13-23)22-17-19(16-21-9-5-6-14-24-21)10-11-20(22)15-18-7-3-2-4-8-18/h2-11,14,17H,12-13,15-16H2,1H3. The molecule has 1 aromatic heterocycles. The van der Waals surface area contributed by atoms with Gasteiger partial charge in [-0.2, -0.15) is 0 Å². The highest BCUT2D eigenvalue weighted by Crippen LogP contribution is 2.49. The van der Waals surface area contributed by atoms with E-state index in [4.69, 9.17) is 0 Å². The first-order chi connectivity index (χ1) is 11.7. The molecule has 24 heavy (non-hydrogen) atoms. The summed E-state index contributed by atoms with van der Waals surface area (Å²) in [6.45, 7) is 2.40. The summed E-state index contributed by atoms with van der Waals surface area (Å²) < 4.78 is 0. The normalized spacial score (nSPS) is 15.2. The van der Waals surface area contributed by atoms with Gasteiger partial charge in [-0.05, 0) is 59.1 Å². The van der Waals surface area contributed by atoms with Gasteiger partial charge in [0, 0.05) is 18.3 Å². The molecule has 1 heterocycles. The van der Waals surface area contributed by atoms with Gasteiger partial charge in [-0.15, -0.1) is 0 Å². The Morgan fingerprint density at radius 1 is 0.833 bits per heavy atom. The summed E-state index contributed by atoms with van der Waals surface area (Å²) >= 11 is 0. The molecular formula is C23H23N. The Hall–Kier alpha value is -2.41. The van der Waals surface area contributed by atoms with Crippen LogP contribution in [0.2, 0.25) is 0 Å². The molecule has 0 atom stereocenters. The largest absolute Gasteiger partial charge is 0.261 e. The molecule has 2 aromatic carbocycles. The molecule has 0 bridgehead atoms. The molecule has 0 aliphatic heterocycles. The summed E-state index contributed by atoms with van der Waals surface area (Å²) in [5.74, 6) is 0. The smallest absolute Gasteiger partial charge is 0.0447 e. The molecule has 0 saturated heterocycles. The highest BCUT2D eigenvalue weighted by atomic mass is 14.7. The maximum Gasteiger partial charge on any atom is 0.0447 e. The van der Waals surface area contributed by atoms with Crippen molar-refractivity contribution in [2.45, 2.75) is 38.0 Å². The van der Waals surface area contributed by atoms with Crippen LogP contribution in [0.1, 0.15) is 47.7 Å². The number of hydrogen-bond acceptors (Lipinski definition) is 1. The monoisotopic (exact) mass is 313 g/mol. The quantitative estimate of drug-likeness (QED) is 0.621. The van der Waals surface area contributed by atoms with E-state index in [0.29, 0.717) is 5.41 Å². The molecule has 1 fully saturated rings. The van der Waals surface area contributed by atoms with E-state index in [2.05, 4.69) is 72.6 Å². The van der Waals surface area contributed by atoms with Crippen LogP contribution in [0.4, 0.5) is 0 Å². The molecule has 1 saturated carbocycles. The Morgan fingerprint density at radius 3 is 2.33 bits per heavy atom. The van der Waals surface area contributed by atoms with E-state index >= 15 is 0 Å². The van der Waals surface area contributed by atoms with Gasteiger partial charge in [0.25, 0.3) is 0 Å². The van der Waals surface area contributed by atoms with Crippen molar-refractivity contribution in [3.8, 4) is 0 Å². The second kappa shape index (κ2) is 6.24. The van der Waals surface area contributed by atoms with Crippen molar-refractivity contribution in [2.24, 2.45) is 0 Å². The maximum absolute atomic E-state index is 4.47. The van der Waals surface area contributed by atoms with Gasteiger partial charge in [0.15, 0.2) is 0 Å². The van der Waals surface area contributed by atoms with Gasteiger partial charge >= 0.3 is 0 Å². The fourth-order valence-electron chi connectivity index (χ4n) is 3.43. The van der Waals surface area contributed by atoms with Crippen molar-refractivity contribution in [3.05, 3.63) is 101 Å². The Kier molecular flexibility index (Phi) is 3.93. The predicted molar refractivity (Wildman–Crippen MR) is 99.3 cm³/mol. The molecule has 0 radical (unpaired) electrons. The minimum Gasteiger partial charge on any atom is -0.261 e. The summed E-state index contributed by atoms with van der Waals surface area (Å²) in [5, 5.41) is 0. The van der Waals surface area contributed by atoms with Crippen LogP contribution in [0.3, 0.4) is 0 Å². The third kappa shape index (κ3) is 3.26. The van der Waals surface area contributed by atoms with E-state index in [1.54, 1.807) is 5.56 Å². The Balaban J connectivity index is 1.65. The van der Waals surface area contributed by atoms with Gasteiger partial charge in [0.05, 0.1) is 0 Å². The SMILES string of the molecule is CC1(c2cc(Cc3ccccn3)ccc2Cc2ccccc2)CC1. The van der Waals surface area contributed by atoms with Crippen LogP contribution in [0.25, 0.3) is 0 Å². The zero-order chi connectivity index (χ0) is 16.4. The van der Waals surface area contributed by atoms with E-state index in [9.17, 15) is 0 Å². The average molecular weight is 313 g/mol. The van der Waals surface area contributed by atoms with E-state index in [0.717, 1.165) is 18.5 Å². The van der Waals surface area contributed by atoms with Crippen molar-refractivity contribution >= 4 is 0 Å². The molecular weight excluding hydrogens is 290 g/mol. The summed E-state index contributed by atoms with van der Waals surface area (Å²) in [6.07, 6.45) is 6.43. The number of aromatic nitrogens is 1. The van der Waals surface area contributed by atoms with Gasteiger partial charge in [-0.3, -0.25) is 4.98 Å². The van der Waals surface area contributed by atoms with Crippen LogP contribution in [-0.2, 0) is 18.3 Å². The Bertz CT molecular complexity index is 817. The lowest BCUT2D eigenvalue weighted by Crippen LogP contribution is -2.07. The van der Waals surface area contributed by atoms with Crippen LogP contribution in [0.5, 0.6) is 0 Å². The molecule has 1 aliphatic carbocycles. The lowest BCUT2D eigenvalue weighted by molar-refractivity contribution is 0.771. The van der Waals surface area contributed by atoms with Gasteiger partial charge in [0.1, 0.15) is 0 Å². The Morgan fingerprint density at radius 2 is 1.62 bits per heavy atom. The molecule has 0 amide bonds. The van der Waals surface area contributed by atoms with Crippen molar-refractivity contribution in [3.63, 3.8) is 0 Å². The van der Waals surface area contributed by atoms with Crippen LogP contribution >= 0.6 is 0 Å². The van der Waals surface area contributed by atoms with E-state index in [1.165, 1.54) is 29.5 Å². The van der Waals surface area contributed by atoms with Gasteiger partial charge in [0.2, 0.25) is 0 Å². The fraction of sp³-hybridized carbons (Fsp3) is 0.261. The van der Waals surface area contributed by atoms with Crippen LogP contribution in [-0.4, -0.2) is 4.98 Å². The molecule has 0 N–H and O–H groups in total. The highest BCUT2D eigenvalue weighted by Gasteiger charge is 2.40. The minimum absolute atomic E-state index is 0.379. The number of hydrogen-bond donors (Lipinski definition) is 0. The van der Waals surface area contributed by atoms with Crippen LogP contribution in [0, 0.1) is 0 Å². The maximum atomic E-state index is 4.47. The molecule has 3 aromatic rings. The van der Waals surface area contributed by atoms with Crippen molar-refractivity contribution in [1.29, 1.82) is 0 Å². The average Bonchev–Trinajstić information content (AvgIpc) is 3.37. The molecule has 1 heteroatoms. The molecule has 1 nitrogen and oxygen atoms in total. The van der Waals surface area contributed by atoms with Crippen molar-refractivity contribution in [2.75, 3.05) is 0 Å². The zero-order valence-corrected chi connectivity index (χ0v) is 14.2. The number of nitrogens with zero attached hydrogens (tertiary/aromatic N) is 1. The second-order valence-electron chi connectivity index (χ2n) is 7.21.